The molecule has 0 spiro atoms. The maximum absolute atomic E-state index is 13.4. The third kappa shape index (κ3) is 6.31. The van der Waals surface area contributed by atoms with Crippen LogP contribution in [0.15, 0.2) is 53.4 Å². The number of benzene rings is 2. The van der Waals surface area contributed by atoms with E-state index in [0.29, 0.717) is 12.2 Å². The smallest absolute Gasteiger partial charge is 0.264 e. The lowest BCUT2D eigenvalue weighted by atomic mass is 10.1. The monoisotopic (exact) mass is 443 g/mol. The van der Waals surface area contributed by atoms with Gasteiger partial charge in [0.15, 0.2) is 0 Å². The third-order valence-electron chi connectivity index (χ3n) is 5.67. The van der Waals surface area contributed by atoms with Gasteiger partial charge in [0.1, 0.15) is 6.54 Å². The molecule has 1 aliphatic rings. The van der Waals surface area contributed by atoms with Crippen molar-refractivity contribution in [3.63, 3.8) is 0 Å². The van der Waals surface area contributed by atoms with Gasteiger partial charge >= 0.3 is 0 Å². The van der Waals surface area contributed by atoms with E-state index in [0.717, 1.165) is 37.2 Å². The molecule has 2 aromatic carbocycles. The zero-order valence-electron chi connectivity index (χ0n) is 18.5. The molecule has 6 nitrogen and oxygen atoms in total. The van der Waals surface area contributed by atoms with Gasteiger partial charge in [-0.2, -0.15) is 0 Å². The van der Waals surface area contributed by atoms with Crippen LogP contribution in [0.2, 0.25) is 0 Å². The Morgan fingerprint density at radius 1 is 1.03 bits per heavy atom. The Morgan fingerprint density at radius 3 is 2.45 bits per heavy atom. The Hall–Kier alpha value is -2.38. The average Bonchev–Trinajstić information content (AvgIpc) is 2.78. The predicted molar refractivity (Wildman–Crippen MR) is 125 cm³/mol. The Morgan fingerprint density at radius 2 is 1.74 bits per heavy atom. The quantitative estimate of drug-likeness (QED) is 0.603. The number of piperidine rings is 1. The number of nitrogens with zero attached hydrogens (tertiary/aromatic N) is 2. The van der Waals surface area contributed by atoms with E-state index in [9.17, 15) is 13.2 Å². The van der Waals surface area contributed by atoms with Crippen LogP contribution in [0.5, 0.6) is 0 Å². The first-order valence-corrected chi connectivity index (χ1v) is 12.5. The number of hydrogen-bond acceptors (Lipinski definition) is 4. The van der Waals surface area contributed by atoms with Crippen LogP contribution in [0.25, 0.3) is 0 Å². The summed E-state index contributed by atoms with van der Waals surface area (Å²) < 4.78 is 28.0. The van der Waals surface area contributed by atoms with Crippen LogP contribution in [0.3, 0.4) is 0 Å². The molecule has 3 rings (SSSR count). The zero-order valence-corrected chi connectivity index (χ0v) is 19.3. The highest BCUT2D eigenvalue weighted by molar-refractivity contribution is 7.92. The van der Waals surface area contributed by atoms with Crippen molar-refractivity contribution in [1.29, 1.82) is 0 Å². The number of aryl methyl sites for hydroxylation is 2. The molecule has 0 radical (unpaired) electrons. The molecular formula is C24H33N3O3S. The Balaban J connectivity index is 1.71. The third-order valence-corrected chi connectivity index (χ3v) is 7.45. The van der Waals surface area contributed by atoms with Crippen molar-refractivity contribution < 1.29 is 13.2 Å². The van der Waals surface area contributed by atoms with Gasteiger partial charge in [-0.05, 0) is 82.1 Å². The van der Waals surface area contributed by atoms with Gasteiger partial charge in [-0.1, -0.05) is 36.8 Å². The van der Waals surface area contributed by atoms with Gasteiger partial charge in [0.25, 0.3) is 10.0 Å². The fourth-order valence-electron chi connectivity index (χ4n) is 3.91. The Bertz CT molecular complexity index is 971. The molecule has 2 aromatic rings. The van der Waals surface area contributed by atoms with Crippen LogP contribution < -0.4 is 9.62 Å². The molecule has 1 aliphatic heterocycles. The van der Waals surface area contributed by atoms with E-state index in [4.69, 9.17) is 0 Å². The number of hydrogen-bond donors (Lipinski definition) is 1. The van der Waals surface area contributed by atoms with E-state index in [1.807, 2.05) is 32.0 Å². The number of anilines is 1. The van der Waals surface area contributed by atoms with Gasteiger partial charge in [0.2, 0.25) is 5.91 Å². The van der Waals surface area contributed by atoms with Gasteiger partial charge in [-0.15, -0.1) is 0 Å². The van der Waals surface area contributed by atoms with Crippen molar-refractivity contribution in [2.75, 3.05) is 37.0 Å². The van der Waals surface area contributed by atoms with E-state index < -0.39 is 10.0 Å². The number of carbonyl (C=O) groups is 1. The molecule has 7 heteroatoms. The second-order valence-corrected chi connectivity index (χ2v) is 10.1. The summed E-state index contributed by atoms with van der Waals surface area (Å²) in [5.41, 5.74) is 2.28. The van der Waals surface area contributed by atoms with E-state index >= 15 is 0 Å². The van der Waals surface area contributed by atoms with Crippen molar-refractivity contribution in [1.82, 2.24) is 10.2 Å². The summed E-state index contributed by atoms with van der Waals surface area (Å²) in [6, 6.07) is 13.9. The van der Waals surface area contributed by atoms with Crippen LogP contribution in [-0.2, 0) is 14.8 Å². The summed E-state index contributed by atoms with van der Waals surface area (Å²) in [5, 5.41) is 2.91. The topological polar surface area (TPSA) is 69.7 Å². The SMILES string of the molecule is Cc1ccc(C)c(N(CC(=O)NCCCN2CCCCC2)S(=O)(=O)c2ccccc2)c1. The summed E-state index contributed by atoms with van der Waals surface area (Å²) in [4.78, 5) is 15.3. The minimum atomic E-state index is -3.87. The number of rotatable bonds is 9. The lowest BCUT2D eigenvalue weighted by Crippen LogP contribution is -2.42. The van der Waals surface area contributed by atoms with E-state index in [1.54, 1.807) is 30.3 Å². The summed E-state index contributed by atoms with van der Waals surface area (Å²) in [6.07, 6.45) is 4.65. The number of amides is 1. The highest BCUT2D eigenvalue weighted by Crippen LogP contribution is 2.27. The Labute approximate surface area is 186 Å². The lowest BCUT2D eigenvalue weighted by Gasteiger charge is -2.27. The van der Waals surface area contributed by atoms with Crippen LogP contribution in [-0.4, -0.2) is 51.9 Å². The number of nitrogens with one attached hydrogen (secondary N) is 1. The van der Waals surface area contributed by atoms with Crippen molar-refractivity contribution >= 4 is 21.6 Å². The molecule has 0 aliphatic carbocycles. The molecule has 1 saturated heterocycles. The van der Waals surface area contributed by atoms with Gasteiger partial charge in [-0.25, -0.2) is 8.42 Å². The minimum absolute atomic E-state index is 0.175. The van der Waals surface area contributed by atoms with Crippen LogP contribution >= 0.6 is 0 Å². The molecule has 168 valence electrons. The van der Waals surface area contributed by atoms with Crippen molar-refractivity contribution in [3.8, 4) is 0 Å². The molecule has 0 bridgehead atoms. The Kier molecular flexibility index (Phi) is 8.09. The fraction of sp³-hybridized carbons (Fsp3) is 0.458. The van der Waals surface area contributed by atoms with E-state index in [1.165, 1.54) is 23.6 Å². The second-order valence-electron chi connectivity index (χ2n) is 8.22. The molecular weight excluding hydrogens is 410 g/mol. The summed E-state index contributed by atoms with van der Waals surface area (Å²) in [7, 11) is -3.87. The van der Waals surface area contributed by atoms with Crippen molar-refractivity contribution in [2.24, 2.45) is 0 Å². The lowest BCUT2D eigenvalue weighted by molar-refractivity contribution is -0.119. The summed E-state index contributed by atoms with van der Waals surface area (Å²) in [5.74, 6) is -0.293. The molecule has 0 atom stereocenters. The first kappa shape index (κ1) is 23.3. The first-order chi connectivity index (χ1) is 14.9. The molecule has 0 aromatic heterocycles. The normalized spacial score (nSPS) is 14.9. The molecule has 1 N–H and O–H groups in total. The van der Waals surface area contributed by atoms with Crippen LogP contribution in [0, 0.1) is 13.8 Å². The average molecular weight is 444 g/mol. The predicted octanol–water partition coefficient (Wildman–Crippen LogP) is 3.49. The van der Waals surface area contributed by atoms with Crippen molar-refractivity contribution in [2.45, 2.75) is 44.4 Å². The number of likely N-dealkylation sites (tertiary alicyclic amines) is 1. The highest BCUT2D eigenvalue weighted by Gasteiger charge is 2.28. The summed E-state index contributed by atoms with van der Waals surface area (Å²) >= 11 is 0. The first-order valence-electron chi connectivity index (χ1n) is 11.0. The standard InChI is InChI=1S/C24H33N3O3S/c1-20-12-13-21(2)23(18-20)27(31(29,30)22-10-5-3-6-11-22)19-24(28)25-14-9-17-26-15-7-4-8-16-26/h3,5-6,10-13,18H,4,7-9,14-17,19H2,1-2H3,(H,25,28). The number of carbonyl (C=O) groups excluding carboxylic acids is 1. The maximum Gasteiger partial charge on any atom is 0.264 e. The van der Waals surface area contributed by atoms with Crippen molar-refractivity contribution in [3.05, 3.63) is 59.7 Å². The highest BCUT2D eigenvalue weighted by atomic mass is 32.2. The zero-order chi connectivity index (χ0) is 22.3. The molecule has 31 heavy (non-hydrogen) atoms. The van der Waals surface area contributed by atoms with Crippen LogP contribution in [0.4, 0.5) is 5.69 Å². The second kappa shape index (κ2) is 10.8. The van der Waals surface area contributed by atoms with Gasteiger partial charge in [0, 0.05) is 6.54 Å². The van der Waals surface area contributed by atoms with E-state index in [2.05, 4.69) is 10.2 Å². The van der Waals surface area contributed by atoms with Gasteiger partial charge in [-0.3, -0.25) is 9.10 Å². The van der Waals surface area contributed by atoms with Gasteiger partial charge in [0.05, 0.1) is 10.6 Å². The maximum atomic E-state index is 13.4. The largest absolute Gasteiger partial charge is 0.354 e. The van der Waals surface area contributed by atoms with Crippen LogP contribution in [0.1, 0.15) is 36.8 Å². The molecule has 0 saturated carbocycles. The summed E-state index contributed by atoms with van der Waals surface area (Å²) in [6.45, 7) is 7.29. The fourth-order valence-corrected chi connectivity index (χ4v) is 5.41. The van der Waals surface area contributed by atoms with Gasteiger partial charge < -0.3 is 10.2 Å². The molecule has 1 fully saturated rings. The number of sulfonamides is 1. The minimum Gasteiger partial charge on any atom is -0.354 e. The van der Waals surface area contributed by atoms with E-state index in [-0.39, 0.29) is 17.3 Å². The molecule has 1 amide bonds. The molecule has 1 heterocycles. The molecule has 0 unspecified atom stereocenters.